The Bertz CT molecular complexity index is 600. The molecule has 0 aliphatic carbocycles. The molecule has 1 aromatic carbocycles. The summed E-state index contributed by atoms with van der Waals surface area (Å²) < 4.78 is 1.44. The number of rotatable bonds is 1. The monoisotopic (exact) mass is 293 g/mol. The first-order valence-corrected chi connectivity index (χ1v) is 7.31. The summed E-state index contributed by atoms with van der Waals surface area (Å²) in [6, 6.07) is 5.66. The van der Waals surface area contributed by atoms with E-state index in [0.29, 0.717) is 5.02 Å². The van der Waals surface area contributed by atoms with Crippen molar-refractivity contribution in [3.63, 3.8) is 0 Å². The molecule has 1 unspecified atom stereocenters. The van der Waals surface area contributed by atoms with E-state index in [1.165, 1.54) is 15.8 Å². The molecule has 2 heterocycles. The van der Waals surface area contributed by atoms with Gasteiger partial charge in [-0.2, -0.15) is 0 Å². The highest BCUT2D eigenvalue weighted by Gasteiger charge is 2.22. The van der Waals surface area contributed by atoms with E-state index < -0.39 is 0 Å². The molecule has 4 nitrogen and oxygen atoms in total. The molecule has 1 aliphatic rings. The zero-order valence-electron chi connectivity index (χ0n) is 10.0. The lowest BCUT2D eigenvalue weighted by molar-refractivity contribution is 0.238. The van der Waals surface area contributed by atoms with Crippen LogP contribution in [0.15, 0.2) is 41.8 Å². The molecule has 1 aliphatic heterocycles. The van der Waals surface area contributed by atoms with Gasteiger partial charge in [-0.3, -0.25) is 4.57 Å². The summed E-state index contributed by atoms with van der Waals surface area (Å²) in [5, 5.41) is 3.71. The second-order valence-electron chi connectivity index (χ2n) is 4.29. The number of imidazole rings is 1. The van der Waals surface area contributed by atoms with Crippen LogP contribution in [0.3, 0.4) is 0 Å². The Labute approximate surface area is 120 Å². The summed E-state index contributed by atoms with van der Waals surface area (Å²) in [7, 11) is 0. The van der Waals surface area contributed by atoms with Crippen molar-refractivity contribution in [1.82, 2.24) is 14.9 Å². The second-order valence-corrected chi connectivity index (χ2v) is 5.86. The molecule has 0 radical (unpaired) electrons. The Morgan fingerprint density at radius 3 is 3.21 bits per heavy atom. The lowest BCUT2D eigenvalue weighted by Gasteiger charge is -2.26. The Balaban J connectivity index is 1.84. The third kappa shape index (κ3) is 2.62. The molecule has 1 amide bonds. The van der Waals surface area contributed by atoms with E-state index >= 15 is 0 Å². The van der Waals surface area contributed by atoms with Crippen LogP contribution in [0.2, 0.25) is 5.02 Å². The van der Waals surface area contributed by atoms with Crippen molar-refractivity contribution in [3.05, 3.63) is 47.5 Å². The lowest BCUT2D eigenvalue weighted by Crippen LogP contribution is -2.33. The molecule has 0 spiro atoms. The van der Waals surface area contributed by atoms with E-state index in [-0.39, 0.29) is 12.1 Å². The smallest absolute Gasteiger partial charge is 0.327 e. The highest BCUT2D eigenvalue weighted by atomic mass is 35.5. The number of fused-ring (bicyclic) bond motifs is 1. The van der Waals surface area contributed by atoms with Gasteiger partial charge >= 0.3 is 6.03 Å². The Kier molecular flexibility index (Phi) is 3.48. The lowest BCUT2D eigenvalue weighted by atomic mass is 10.0. The van der Waals surface area contributed by atoms with Crippen LogP contribution < -0.4 is 5.32 Å². The molecular formula is C13H12ClN3OS. The normalized spacial score (nSPS) is 17.8. The number of thioether (sulfide) groups is 1. The van der Waals surface area contributed by atoms with E-state index in [2.05, 4.69) is 10.3 Å². The van der Waals surface area contributed by atoms with Gasteiger partial charge in [-0.05, 0) is 30.2 Å². The third-order valence-corrected chi connectivity index (χ3v) is 4.41. The number of benzene rings is 1. The largest absolute Gasteiger partial charge is 0.331 e. The molecule has 19 heavy (non-hydrogen) atoms. The first-order chi connectivity index (χ1) is 9.24. The summed E-state index contributed by atoms with van der Waals surface area (Å²) >= 11 is 7.84. The fourth-order valence-corrected chi connectivity index (χ4v) is 3.40. The van der Waals surface area contributed by atoms with Gasteiger partial charge in [0.15, 0.2) is 0 Å². The summed E-state index contributed by atoms with van der Waals surface area (Å²) in [6.07, 6.45) is 5.61. The van der Waals surface area contributed by atoms with Crippen LogP contribution in [-0.4, -0.2) is 21.3 Å². The molecule has 0 bridgehead atoms. The minimum atomic E-state index is -0.166. The van der Waals surface area contributed by atoms with Gasteiger partial charge in [0.1, 0.15) is 6.33 Å². The van der Waals surface area contributed by atoms with Crippen LogP contribution in [0.1, 0.15) is 18.0 Å². The first kappa shape index (κ1) is 12.6. The molecule has 0 saturated carbocycles. The molecule has 1 atom stereocenters. The summed E-state index contributed by atoms with van der Waals surface area (Å²) in [4.78, 5) is 17.1. The van der Waals surface area contributed by atoms with Gasteiger partial charge in [0.05, 0.1) is 6.04 Å². The van der Waals surface area contributed by atoms with Gasteiger partial charge in [0.2, 0.25) is 0 Å². The van der Waals surface area contributed by atoms with E-state index in [4.69, 9.17) is 11.6 Å². The predicted molar refractivity (Wildman–Crippen MR) is 75.7 cm³/mol. The number of carbonyl (C=O) groups is 1. The average Bonchev–Trinajstić information content (AvgIpc) is 2.93. The number of hydrogen-bond acceptors (Lipinski definition) is 3. The Hall–Kier alpha value is -1.46. The van der Waals surface area contributed by atoms with Crippen LogP contribution in [0.25, 0.3) is 0 Å². The van der Waals surface area contributed by atoms with Crippen molar-refractivity contribution in [2.45, 2.75) is 17.4 Å². The van der Waals surface area contributed by atoms with Crippen molar-refractivity contribution in [1.29, 1.82) is 0 Å². The minimum Gasteiger partial charge on any atom is -0.331 e. The van der Waals surface area contributed by atoms with Gasteiger partial charge in [0, 0.05) is 28.1 Å². The van der Waals surface area contributed by atoms with E-state index in [1.807, 2.05) is 18.2 Å². The maximum Gasteiger partial charge on any atom is 0.327 e. The Morgan fingerprint density at radius 1 is 1.53 bits per heavy atom. The van der Waals surface area contributed by atoms with E-state index in [0.717, 1.165) is 17.7 Å². The van der Waals surface area contributed by atoms with Gasteiger partial charge < -0.3 is 5.32 Å². The van der Waals surface area contributed by atoms with Gasteiger partial charge in [-0.15, -0.1) is 11.8 Å². The number of carbonyl (C=O) groups excluding carboxylic acids is 1. The molecule has 6 heteroatoms. The van der Waals surface area contributed by atoms with Gasteiger partial charge in [-0.25, -0.2) is 9.78 Å². The molecule has 2 aromatic rings. The highest BCUT2D eigenvalue weighted by Crippen LogP contribution is 2.37. The Morgan fingerprint density at radius 2 is 2.42 bits per heavy atom. The molecule has 3 rings (SSSR count). The summed E-state index contributed by atoms with van der Waals surface area (Å²) in [5.74, 6) is 0.990. The standard InChI is InChI=1S/C13H12ClN3OS/c14-9-1-2-12-10(7-9)11(3-6-19-12)16-13(18)17-5-4-15-8-17/h1-2,4-5,7-8,11H,3,6H2,(H,16,18). The molecule has 1 aromatic heterocycles. The van der Waals surface area contributed by atoms with Crippen molar-refractivity contribution < 1.29 is 4.79 Å². The maximum absolute atomic E-state index is 12.0. The van der Waals surface area contributed by atoms with Gasteiger partial charge in [0.25, 0.3) is 0 Å². The molecule has 98 valence electrons. The maximum atomic E-state index is 12.0. The van der Waals surface area contributed by atoms with Crippen molar-refractivity contribution >= 4 is 29.4 Å². The highest BCUT2D eigenvalue weighted by molar-refractivity contribution is 7.99. The molecule has 0 saturated heterocycles. The van der Waals surface area contributed by atoms with Crippen molar-refractivity contribution in [2.24, 2.45) is 0 Å². The van der Waals surface area contributed by atoms with Crippen LogP contribution >= 0.6 is 23.4 Å². The zero-order valence-corrected chi connectivity index (χ0v) is 11.6. The zero-order chi connectivity index (χ0) is 13.2. The van der Waals surface area contributed by atoms with E-state index in [9.17, 15) is 4.79 Å². The number of nitrogens with one attached hydrogen (secondary N) is 1. The fourth-order valence-electron chi connectivity index (χ4n) is 2.12. The van der Waals surface area contributed by atoms with E-state index in [1.54, 1.807) is 24.2 Å². The number of halogens is 1. The quantitative estimate of drug-likeness (QED) is 0.877. The van der Waals surface area contributed by atoms with Gasteiger partial charge in [-0.1, -0.05) is 11.6 Å². The SMILES string of the molecule is O=C(NC1CCSc2ccc(Cl)cc21)n1ccnc1. The second kappa shape index (κ2) is 5.27. The van der Waals surface area contributed by atoms with Crippen LogP contribution in [0.4, 0.5) is 4.79 Å². The molecular weight excluding hydrogens is 282 g/mol. The topological polar surface area (TPSA) is 46.9 Å². The fraction of sp³-hybridized carbons (Fsp3) is 0.231. The number of hydrogen-bond donors (Lipinski definition) is 1. The third-order valence-electron chi connectivity index (χ3n) is 3.05. The number of amides is 1. The van der Waals surface area contributed by atoms with Crippen LogP contribution in [-0.2, 0) is 0 Å². The van der Waals surface area contributed by atoms with Crippen LogP contribution in [0, 0.1) is 0 Å². The van der Waals surface area contributed by atoms with Crippen LogP contribution in [0.5, 0.6) is 0 Å². The van der Waals surface area contributed by atoms with Crippen molar-refractivity contribution in [2.75, 3.05) is 5.75 Å². The average molecular weight is 294 g/mol. The van der Waals surface area contributed by atoms with Crippen molar-refractivity contribution in [3.8, 4) is 0 Å². The summed E-state index contributed by atoms with van der Waals surface area (Å²) in [5.41, 5.74) is 1.09. The first-order valence-electron chi connectivity index (χ1n) is 5.95. The minimum absolute atomic E-state index is 0.00449. The molecule has 1 N–H and O–H groups in total. The number of nitrogens with zero attached hydrogens (tertiary/aromatic N) is 2. The summed E-state index contributed by atoms with van der Waals surface area (Å²) in [6.45, 7) is 0. The molecule has 0 fully saturated rings. The predicted octanol–water partition coefficient (Wildman–Crippen LogP) is 3.33. The number of aromatic nitrogens is 2.